The molecule has 0 saturated heterocycles. The lowest BCUT2D eigenvalue weighted by Gasteiger charge is -2.17. The van der Waals surface area contributed by atoms with Crippen LogP contribution in [0.4, 0.5) is 31.5 Å². The lowest BCUT2D eigenvalue weighted by atomic mass is 10.0. The molecule has 0 aromatic heterocycles. The number of benzene rings is 3. The van der Waals surface area contributed by atoms with Crippen molar-refractivity contribution in [1.82, 2.24) is 0 Å². The number of anilines is 4. The van der Waals surface area contributed by atoms with E-state index in [2.05, 4.69) is 10.6 Å². The second-order valence-electron chi connectivity index (χ2n) is 5.33. The van der Waals surface area contributed by atoms with E-state index in [0.29, 0.717) is 11.4 Å². The Balaban J connectivity index is 2.21. The minimum absolute atomic E-state index is 0.242. The second kappa shape index (κ2) is 7.33. The van der Waals surface area contributed by atoms with E-state index in [4.69, 9.17) is 0 Å². The molecule has 0 aliphatic rings. The molecule has 0 spiro atoms. The minimum atomic E-state index is -0.993. The fraction of sp³-hybridized carbons (Fsp3) is 0. The Morgan fingerprint density at radius 3 is 1.27 bits per heavy atom. The van der Waals surface area contributed by atoms with Gasteiger partial charge in [0.25, 0.3) is 0 Å². The van der Waals surface area contributed by atoms with Crippen molar-refractivity contribution in [3.63, 3.8) is 0 Å². The maximum atomic E-state index is 14.9. The molecule has 0 aliphatic carbocycles. The summed E-state index contributed by atoms with van der Waals surface area (Å²) in [7, 11) is 0. The summed E-state index contributed by atoms with van der Waals surface area (Å²) in [6, 6.07) is 20.3. The highest BCUT2D eigenvalue weighted by Gasteiger charge is 2.25. The number of hydrogen-bond acceptors (Lipinski definition) is 4. The van der Waals surface area contributed by atoms with Gasteiger partial charge in [-0.2, -0.15) is 10.5 Å². The summed E-state index contributed by atoms with van der Waals surface area (Å²) in [6.07, 6.45) is 0. The van der Waals surface area contributed by atoms with E-state index in [1.165, 1.54) is 0 Å². The van der Waals surface area contributed by atoms with Crippen molar-refractivity contribution in [1.29, 1.82) is 10.5 Å². The highest BCUT2D eigenvalue weighted by atomic mass is 19.1. The second-order valence-corrected chi connectivity index (χ2v) is 5.33. The van der Waals surface area contributed by atoms with Crippen LogP contribution in [0.25, 0.3) is 0 Å². The predicted molar refractivity (Wildman–Crippen MR) is 95.2 cm³/mol. The summed E-state index contributed by atoms with van der Waals surface area (Å²) in [5, 5.41) is 23.9. The third-order valence-corrected chi connectivity index (χ3v) is 3.69. The first-order valence-corrected chi connectivity index (χ1v) is 7.65. The minimum Gasteiger partial charge on any atom is -0.351 e. The van der Waals surface area contributed by atoms with Gasteiger partial charge in [-0.3, -0.25) is 0 Å². The number of hydrogen-bond donors (Lipinski definition) is 2. The van der Waals surface area contributed by atoms with Gasteiger partial charge < -0.3 is 10.6 Å². The van der Waals surface area contributed by atoms with Crippen LogP contribution in [0.2, 0.25) is 0 Å². The van der Waals surface area contributed by atoms with Crippen molar-refractivity contribution in [2.75, 3.05) is 10.6 Å². The quantitative estimate of drug-likeness (QED) is 0.681. The van der Waals surface area contributed by atoms with Crippen LogP contribution in [0.5, 0.6) is 0 Å². The molecular formula is C20H12F2N4. The van der Waals surface area contributed by atoms with E-state index in [1.807, 2.05) is 0 Å². The number of rotatable bonds is 4. The van der Waals surface area contributed by atoms with E-state index in [1.54, 1.807) is 72.8 Å². The van der Waals surface area contributed by atoms with Crippen LogP contribution in [-0.2, 0) is 0 Å². The normalized spacial score (nSPS) is 9.85. The molecule has 0 unspecified atom stereocenters. The average Bonchev–Trinajstić information content (AvgIpc) is 2.68. The molecule has 0 fully saturated rings. The van der Waals surface area contributed by atoms with E-state index < -0.39 is 22.8 Å². The summed E-state index contributed by atoms with van der Waals surface area (Å²) in [6.45, 7) is 0. The van der Waals surface area contributed by atoms with Gasteiger partial charge in [-0.05, 0) is 24.3 Å². The van der Waals surface area contributed by atoms with Crippen molar-refractivity contribution in [3.8, 4) is 12.1 Å². The van der Waals surface area contributed by atoms with Crippen molar-refractivity contribution in [2.45, 2.75) is 0 Å². The molecule has 3 aromatic rings. The number of nitriles is 2. The Hall–Kier alpha value is -3.90. The first-order chi connectivity index (χ1) is 12.7. The van der Waals surface area contributed by atoms with E-state index >= 15 is 0 Å². The van der Waals surface area contributed by atoms with Gasteiger partial charge >= 0.3 is 0 Å². The molecule has 3 rings (SSSR count). The van der Waals surface area contributed by atoms with Crippen molar-refractivity contribution in [2.24, 2.45) is 0 Å². The SMILES string of the molecule is N#Cc1c(F)c(Nc2ccccc2)c(Nc2ccccc2)c(F)c1C#N. The molecule has 4 nitrogen and oxygen atoms in total. The molecule has 3 aromatic carbocycles. The Labute approximate surface area is 148 Å². The topological polar surface area (TPSA) is 71.6 Å². The zero-order chi connectivity index (χ0) is 18.5. The lowest BCUT2D eigenvalue weighted by Crippen LogP contribution is -2.08. The number of nitrogens with zero attached hydrogens (tertiary/aromatic N) is 2. The van der Waals surface area contributed by atoms with E-state index in [0.717, 1.165) is 0 Å². The van der Waals surface area contributed by atoms with Gasteiger partial charge in [-0.15, -0.1) is 0 Å². The Kier molecular flexibility index (Phi) is 4.78. The standard InChI is InChI=1S/C20H12F2N4/c21-17-15(11-23)16(12-24)18(22)20(26-14-9-5-2-6-10-14)19(17)25-13-7-3-1-4-8-13/h1-10,25-26H. The lowest BCUT2D eigenvalue weighted by molar-refractivity contribution is 0.600. The molecular weight excluding hydrogens is 334 g/mol. The highest BCUT2D eigenvalue weighted by Crippen LogP contribution is 2.37. The Bertz CT molecular complexity index is 935. The molecule has 0 radical (unpaired) electrons. The first-order valence-electron chi connectivity index (χ1n) is 7.65. The van der Waals surface area contributed by atoms with Gasteiger partial charge in [0, 0.05) is 11.4 Å². The summed E-state index contributed by atoms with van der Waals surface area (Å²) in [5.74, 6) is -1.99. The molecule has 0 amide bonds. The number of halogens is 2. The zero-order valence-electron chi connectivity index (χ0n) is 13.4. The molecule has 0 aliphatic heterocycles. The molecule has 126 valence electrons. The van der Waals surface area contributed by atoms with Gasteiger partial charge in [0.1, 0.15) is 34.6 Å². The molecule has 0 atom stereocenters. The van der Waals surface area contributed by atoms with Crippen LogP contribution < -0.4 is 10.6 Å². The van der Waals surface area contributed by atoms with Gasteiger partial charge in [0.2, 0.25) is 0 Å². The van der Waals surface area contributed by atoms with E-state index in [9.17, 15) is 19.3 Å². The van der Waals surface area contributed by atoms with Crippen LogP contribution in [0.1, 0.15) is 11.1 Å². The van der Waals surface area contributed by atoms with Crippen LogP contribution >= 0.6 is 0 Å². The largest absolute Gasteiger partial charge is 0.351 e. The first kappa shape index (κ1) is 16.9. The number of para-hydroxylation sites is 2. The molecule has 0 bridgehead atoms. The van der Waals surface area contributed by atoms with Crippen molar-refractivity contribution >= 4 is 22.7 Å². The monoisotopic (exact) mass is 346 g/mol. The third kappa shape index (κ3) is 3.17. The Morgan fingerprint density at radius 1 is 0.615 bits per heavy atom. The van der Waals surface area contributed by atoms with Crippen LogP contribution in [0, 0.1) is 34.3 Å². The van der Waals surface area contributed by atoms with Gasteiger partial charge in [0.15, 0.2) is 11.6 Å². The van der Waals surface area contributed by atoms with Gasteiger partial charge in [-0.25, -0.2) is 8.78 Å². The summed E-state index contributed by atoms with van der Waals surface area (Å²) < 4.78 is 29.8. The van der Waals surface area contributed by atoms with Crippen LogP contribution in [0.15, 0.2) is 60.7 Å². The maximum absolute atomic E-state index is 14.9. The molecule has 0 heterocycles. The van der Waals surface area contributed by atoms with E-state index in [-0.39, 0.29) is 11.4 Å². The van der Waals surface area contributed by atoms with Crippen molar-refractivity contribution in [3.05, 3.63) is 83.4 Å². The van der Waals surface area contributed by atoms with Gasteiger partial charge in [-0.1, -0.05) is 36.4 Å². The van der Waals surface area contributed by atoms with Crippen LogP contribution in [0.3, 0.4) is 0 Å². The molecule has 26 heavy (non-hydrogen) atoms. The Morgan fingerprint density at radius 2 is 0.962 bits per heavy atom. The fourth-order valence-corrected chi connectivity index (χ4v) is 2.47. The molecule has 6 heteroatoms. The van der Waals surface area contributed by atoms with Crippen molar-refractivity contribution < 1.29 is 8.78 Å². The zero-order valence-corrected chi connectivity index (χ0v) is 13.4. The summed E-state index contributed by atoms with van der Waals surface area (Å²) >= 11 is 0. The van der Waals surface area contributed by atoms with Gasteiger partial charge in [0.05, 0.1) is 0 Å². The average molecular weight is 346 g/mol. The summed E-state index contributed by atoms with van der Waals surface area (Å²) in [5.41, 5.74) is -0.740. The number of nitrogens with one attached hydrogen (secondary N) is 2. The highest BCUT2D eigenvalue weighted by molar-refractivity contribution is 5.82. The third-order valence-electron chi connectivity index (χ3n) is 3.69. The van der Waals surface area contributed by atoms with Crippen LogP contribution in [-0.4, -0.2) is 0 Å². The fourth-order valence-electron chi connectivity index (χ4n) is 2.47. The summed E-state index contributed by atoms with van der Waals surface area (Å²) in [4.78, 5) is 0. The molecule has 2 N–H and O–H groups in total. The predicted octanol–water partition coefficient (Wildman–Crippen LogP) is 5.20. The molecule has 0 saturated carbocycles. The maximum Gasteiger partial charge on any atom is 0.168 e. The smallest absolute Gasteiger partial charge is 0.168 e.